The number of amides is 1. The molecule has 6 nitrogen and oxygen atoms in total. The summed E-state index contributed by atoms with van der Waals surface area (Å²) in [6.07, 6.45) is 2.57. The van der Waals surface area contributed by atoms with Crippen molar-refractivity contribution in [1.29, 1.82) is 5.26 Å². The first-order valence-electron chi connectivity index (χ1n) is 10.2. The Balaban J connectivity index is 1.55. The van der Waals surface area contributed by atoms with Crippen molar-refractivity contribution in [2.75, 3.05) is 4.90 Å². The molecule has 5 rings (SSSR count). The zero-order chi connectivity index (χ0) is 20.9. The minimum Gasteiger partial charge on any atom is -0.328 e. The molecule has 7 heteroatoms. The highest BCUT2D eigenvalue weighted by Crippen LogP contribution is 2.53. The Kier molecular flexibility index (Phi) is 4.53. The maximum atomic E-state index is 13.5. The number of unbranched alkanes of at least 4 members (excludes halogenated alkanes) is 1. The van der Waals surface area contributed by atoms with Gasteiger partial charge in [0.1, 0.15) is 5.82 Å². The maximum Gasteiger partial charge on any atom is 0.238 e. The lowest BCUT2D eigenvalue weighted by Gasteiger charge is -2.42. The first-order valence-corrected chi connectivity index (χ1v) is 10.6. The Morgan fingerprint density at radius 1 is 1.27 bits per heavy atom. The van der Waals surface area contributed by atoms with Crippen LogP contribution in [0.4, 0.5) is 5.69 Å². The van der Waals surface area contributed by atoms with E-state index in [9.17, 15) is 4.79 Å². The van der Waals surface area contributed by atoms with Crippen LogP contribution in [-0.4, -0.2) is 21.5 Å². The molecule has 0 atom stereocenters. The largest absolute Gasteiger partial charge is 0.328 e. The predicted octanol–water partition coefficient (Wildman–Crippen LogP) is 3.90. The summed E-state index contributed by atoms with van der Waals surface area (Å²) in [6.45, 7) is 1.05. The highest BCUT2D eigenvalue weighted by Gasteiger charge is 2.57. The van der Waals surface area contributed by atoms with E-state index in [1.165, 1.54) is 0 Å². The molecule has 0 bridgehead atoms. The lowest BCUT2D eigenvalue weighted by Crippen LogP contribution is -2.54. The summed E-state index contributed by atoms with van der Waals surface area (Å²) in [5.41, 5.74) is 9.38. The van der Waals surface area contributed by atoms with Gasteiger partial charge in [-0.1, -0.05) is 29.8 Å². The summed E-state index contributed by atoms with van der Waals surface area (Å²) < 4.78 is 2.11. The van der Waals surface area contributed by atoms with Gasteiger partial charge in [0.2, 0.25) is 5.91 Å². The molecule has 0 radical (unpaired) electrons. The summed E-state index contributed by atoms with van der Waals surface area (Å²) >= 11 is 6.18. The Morgan fingerprint density at radius 3 is 2.83 bits per heavy atom. The van der Waals surface area contributed by atoms with Crippen LogP contribution >= 0.6 is 11.6 Å². The number of carbonyl (C=O) groups excluding carboxylic acids is 1. The molecule has 2 aromatic carbocycles. The lowest BCUT2D eigenvalue weighted by molar-refractivity contribution is -0.126. The number of nitrogens with zero attached hydrogens (tertiary/aromatic N) is 4. The fourth-order valence-corrected chi connectivity index (χ4v) is 5.13. The molecular weight excluding hydrogens is 398 g/mol. The van der Waals surface area contributed by atoms with Crippen LogP contribution in [0.5, 0.6) is 0 Å². The van der Waals surface area contributed by atoms with Crippen LogP contribution in [0.25, 0.3) is 11.0 Å². The number of fused-ring (bicyclic) bond motifs is 3. The lowest BCUT2D eigenvalue weighted by atomic mass is 9.62. The van der Waals surface area contributed by atoms with Gasteiger partial charge in [0.25, 0.3) is 0 Å². The molecule has 1 spiro atoms. The fourth-order valence-electron chi connectivity index (χ4n) is 4.96. The smallest absolute Gasteiger partial charge is 0.238 e. The molecule has 2 heterocycles. The van der Waals surface area contributed by atoms with Crippen LogP contribution in [0.2, 0.25) is 5.02 Å². The molecule has 1 aliphatic carbocycles. The average molecular weight is 420 g/mol. The quantitative estimate of drug-likeness (QED) is 0.635. The van der Waals surface area contributed by atoms with Gasteiger partial charge in [-0.25, -0.2) is 4.98 Å². The summed E-state index contributed by atoms with van der Waals surface area (Å²) in [5, 5.41) is 9.57. The van der Waals surface area contributed by atoms with Crippen LogP contribution in [0.3, 0.4) is 0 Å². The normalized spacial score (nSPS) is 22.4. The number of aromatic nitrogens is 2. The van der Waals surface area contributed by atoms with Crippen molar-refractivity contribution in [3.63, 3.8) is 0 Å². The third kappa shape index (κ3) is 2.81. The van der Waals surface area contributed by atoms with E-state index in [-0.39, 0.29) is 11.9 Å². The number of carbonyl (C=O) groups is 1. The number of benzene rings is 2. The van der Waals surface area contributed by atoms with E-state index in [0.717, 1.165) is 34.5 Å². The number of nitriles is 1. The predicted molar refractivity (Wildman–Crippen MR) is 116 cm³/mol. The Morgan fingerprint density at radius 2 is 2.07 bits per heavy atom. The highest BCUT2D eigenvalue weighted by molar-refractivity contribution is 6.31. The number of hydrogen-bond acceptors (Lipinski definition) is 4. The van der Waals surface area contributed by atoms with Gasteiger partial charge in [-0.15, -0.1) is 0 Å². The molecule has 0 unspecified atom stereocenters. The molecule has 1 aromatic heterocycles. The van der Waals surface area contributed by atoms with Gasteiger partial charge in [-0.05, 0) is 49.1 Å². The van der Waals surface area contributed by atoms with Gasteiger partial charge in [-0.3, -0.25) is 4.79 Å². The molecule has 30 heavy (non-hydrogen) atoms. The highest BCUT2D eigenvalue weighted by atomic mass is 35.5. The van der Waals surface area contributed by atoms with Gasteiger partial charge >= 0.3 is 0 Å². The molecule has 1 fully saturated rings. The minimum absolute atomic E-state index is 0.0691. The number of aryl methyl sites for hydroxylation is 1. The second kappa shape index (κ2) is 7.12. The van der Waals surface area contributed by atoms with Crippen molar-refractivity contribution in [1.82, 2.24) is 9.55 Å². The van der Waals surface area contributed by atoms with Crippen LogP contribution in [0, 0.1) is 11.3 Å². The number of halogens is 1. The van der Waals surface area contributed by atoms with Crippen molar-refractivity contribution in [2.45, 2.75) is 50.2 Å². The Labute approximate surface area is 179 Å². The number of para-hydroxylation sites is 1. The number of anilines is 1. The van der Waals surface area contributed by atoms with E-state index in [4.69, 9.17) is 27.6 Å². The summed E-state index contributed by atoms with van der Waals surface area (Å²) in [5.74, 6) is 0.910. The standard InChI is InChI=1S/C23H22ClN5O/c24-15-7-8-20-18(11-15)27-21(28(20)10-4-3-9-25)14-29-19-6-2-1-5-17(19)23(22(29)30)12-16(26)13-23/h1-2,5-8,11,16H,3-4,10,12-14,26H2/t16-,23+. The monoisotopic (exact) mass is 419 g/mol. The third-order valence-corrected chi connectivity index (χ3v) is 6.58. The topological polar surface area (TPSA) is 87.9 Å². The van der Waals surface area contributed by atoms with Crippen molar-refractivity contribution in [3.8, 4) is 6.07 Å². The molecule has 152 valence electrons. The molecule has 1 amide bonds. The van der Waals surface area contributed by atoms with Gasteiger partial charge in [0, 0.05) is 29.7 Å². The number of imidazole rings is 1. The Bertz CT molecular complexity index is 1190. The van der Waals surface area contributed by atoms with E-state index < -0.39 is 5.41 Å². The number of hydrogen-bond donors (Lipinski definition) is 1. The van der Waals surface area contributed by atoms with Gasteiger partial charge in [-0.2, -0.15) is 5.26 Å². The van der Waals surface area contributed by atoms with Crippen LogP contribution in [0.15, 0.2) is 42.5 Å². The zero-order valence-corrected chi connectivity index (χ0v) is 17.3. The summed E-state index contributed by atoms with van der Waals surface area (Å²) in [7, 11) is 0. The zero-order valence-electron chi connectivity index (χ0n) is 16.5. The first kappa shape index (κ1) is 19.1. The van der Waals surface area contributed by atoms with Crippen LogP contribution in [-0.2, 0) is 23.3 Å². The van der Waals surface area contributed by atoms with E-state index in [2.05, 4.69) is 16.7 Å². The second-order valence-electron chi connectivity index (χ2n) is 8.23. The van der Waals surface area contributed by atoms with E-state index >= 15 is 0 Å². The maximum absolute atomic E-state index is 13.5. The molecule has 1 aliphatic heterocycles. The van der Waals surface area contributed by atoms with Crippen LogP contribution < -0.4 is 10.6 Å². The SMILES string of the molecule is N#CCCCn1c(CN2c3ccccc3[C@]3(C[C@H](N)C3)C2=O)nc2cc(Cl)ccc21. The number of nitrogens with two attached hydrogens (primary N) is 1. The van der Waals surface area contributed by atoms with Gasteiger partial charge < -0.3 is 15.2 Å². The van der Waals surface area contributed by atoms with E-state index in [1.54, 1.807) is 0 Å². The van der Waals surface area contributed by atoms with Crippen molar-refractivity contribution in [3.05, 3.63) is 58.9 Å². The molecular formula is C23H22ClN5O. The first-order chi connectivity index (χ1) is 14.5. The van der Waals surface area contributed by atoms with Crippen molar-refractivity contribution >= 4 is 34.2 Å². The molecule has 3 aromatic rings. The minimum atomic E-state index is -0.489. The van der Waals surface area contributed by atoms with E-state index in [1.807, 2.05) is 41.3 Å². The summed E-state index contributed by atoms with van der Waals surface area (Å²) in [6, 6.07) is 15.9. The third-order valence-electron chi connectivity index (χ3n) is 6.35. The fraction of sp³-hybridized carbons (Fsp3) is 0.348. The molecule has 2 aliphatic rings. The van der Waals surface area contributed by atoms with Gasteiger partial charge in [0.15, 0.2) is 0 Å². The second-order valence-corrected chi connectivity index (χ2v) is 8.67. The van der Waals surface area contributed by atoms with Crippen LogP contribution in [0.1, 0.15) is 37.1 Å². The molecule has 1 saturated carbocycles. The van der Waals surface area contributed by atoms with Crippen molar-refractivity contribution < 1.29 is 4.79 Å². The molecule has 0 saturated heterocycles. The molecule has 2 N–H and O–H groups in total. The number of rotatable bonds is 5. The van der Waals surface area contributed by atoms with E-state index in [0.29, 0.717) is 37.4 Å². The summed E-state index contributed by atoms with van der Waals surface area (Å²) in [4.78, 5) is 20.2. The Hall–Kier alpha value is -2.88. The average Bonchev–Trinajstić information content (AvgIpc) is 3.16. The van der Waals surface area contributed by atoms with Crippen molar-refractivity contribution in [2.24, 2.45) is 5.73 Å². The van der Waals surface area contributed by atoms with Gasteiger partial charge in [0.05, 0.1) is 29.1 Å².